The number of phenols is 1. The van der Waals surface area contributed by atoms with Crippen LogP contribution < -0.4 is 0 Å². The summed E-state index contributed by atoms with van der Waals surface area (Å²) in [7, 11) is 0. The molecule has 0 spiro atoms. The monoisotopic (exact) mass is 600 g/mol. The number of thiazole rings is 1. The minimum Gasteiger partial charge on any atom is -0.506 e. The summed E-state index contributed by atoms with van der Waals surface area (Å²) in [6, 6.07) is 14.9. The summed E-state index contributed by atoms with van der Waals surface area (Å²) in [6.07, 6.45) is 1.64. The summed E-state index contributed by atoms with van der Waals surface area (Å²) < 4.78 is 3.44. The van der Waals surface area contributed by atoms with E-state index < -0.39 is 0 Å². The van der Waals surface area contributed by atoms with E-state index in [0.717, 1.165) is 30.3 Å². The molecule has 0 bridgehead atoms. The zero-order valence-electron chi connectivity index (χ0n) is 15.1. The van der Waals surface area contributed by atoms with Crippen molar-refractivity contribution >= 4 is 100 Å². The van der Waals surface area contributed by atoms with E-state index in [1.54, 1.807) is 35.4 Å². The van der Waals surface area contributed by atoms with Crippen molar-refractivity contribution in [1.82, 2.24) is 4.98 Å². The van der Waals surface area contributed by atoms with Crippen LogP contribution in [0.25, 0.3) is 10.2 Å². The van der Waals surface area contributed by atoms with E-state index in [0.29, 0.717) is 25.8 Å². The Morgan fingerprint density at radius 2 is 1.87 bits per heavy atom. The van der Waals surface area contributed by atoms with Gasteiger partial charge in [0.2, 0.25) is 0 Å². The highest BCUT2D eigenvalue weighted by atomic mass is 79.9. The number of benzene rings is 3. The Kier molecular flexibility index (Phi) is 7.07. The average molecular weight is 603 g/mol. The molecule has 0 radical (unpaired) electrons. The van der Waals surface area contributed by atoms with E-state index in [2.05, 4.69) is 41.8 Å². The maximum Gasteiger partial charge on any atom is 0.151 e. The molecule has 3 nitrogen and oxygen atoms in total. The lowest BCUT2D eigenvalue weighted by atomic mass is 10.2. The van der Waals surface area contributed by atoms with Gasteiger partial charge in [-0.2, -0.15) is 0 Å². The number of hydrogen-bond donors (Lipinski definition) is 1. The second-order valence-corrected chi connectivity index (χ2v) is 11.0. The highest BCUT2D eigenvalue weighted by Crippen LogP contribution is 2.36. The van der Waals surface area contributed by atoms with Crippen LogP contribution in [0.15, 0.2) is 66.8 Å². The molecule has 0 saturated heterocycles. The highest BCUT2D eigenvalue weighted by Gasteiger charge is 2.10. The molecular formula is C21H12Br2Cl2N2OS2. The smallest absolute Gasteiger partial charge is 0.151 e. The van der Waals surface area contributed by atoms with Gasteiger partial charge in [0.05, 0.1) is 20.4 Å². The standard InChI is InChI=1S/C21H12Br2Cl2N2OS2/c22-12-6-11(20(28)15(23)7-12)9-26-13-4-5-18-19(8-13)30-21(27-18)29-10-14-16(24)2-1-3-17(14)25/h1-9,28H,10H2. The van der Waals surface area contributed by atoms with Crippen LogP contribution >= 0.6 is 78.2 Å². The Balaban J connectivity index is 1.54. The van der Waals surface area contributed by atoms with Gasteiger partial charge in [0, 0.05) is 32.0 Å². The van der Waals surface area contributed by atoms with E-state index in [1.165, 1.54) is 0 Å². The summed E-state index contributed by atoms with van der Waals surface area (Å²) in [5.74, 6) is 0.804. The van der Waals surface area contributed by atoms with Crippen molar-refractivity contribution in [2.75, 3.05) is 0 Å². The molecule has 0 unspecified atom stereocenters. The normalized spacial score (nSPS) is 11.6. The number of phenolic OH excluding ortho intramolecular Hbond substituents is 1. The quantitative estimate of drug-likeness (QED) is 0.183. The molecule has 3 aromatic carbocycles. The molecule has 0 aliphatic rings. The highest BCUT2D eigenvalue weighted by molar-refractivity contribution is 9.11. The third-order valence-corrected chi connectivity index (χ3v) is 8.12. The van der Waals surface area contributed by atoms with Crippen molar-refractivity contribution in [1.29, 1.82) is 0 Å². The zero-order chi connectivity index (χ0) is 21.3. The van der Waals surface area contributed by atoms with Crippen molar-refractivity contribution in [3.8, 4) is 5.75 Å². The molecule has 1 heterocycles. The SMILES string of the molecule is Oc1c(Br)cc(Br)cc1C=Nc1ccc2nc(SCc3c(Cl)cccc3Cl)sc2c1. The van der Waals surface area contributed by atoms with Crippen LogP contribution in [0.5, 0.6) is 5.75 Å². The average Bonchev–Trinajstić information content (AvgIpc) is 3.11. The molecule has 1 N–H and O–H groups in total. The number of aromatic hydroxyl groups is 1. The molecule has 4 rings (SSSR count). The Morgan fingerprint density at radius 1 is 1.10 bits per heavy atom. The topological polar surface area (TPSA) is 45.5 Å². The fourth-order valence-electron chi connectivity index (χ4n) is 2.67. The molecule has 0 aliphatic carbocycles. The summed E-state index contributed by atoms with van der Waals surface area (Å²) in [4.78, 5) is 9.18. The number of rotatable bonds is 5. The molecule has 0 fully saturated rings. The van der Waals surface area contributed by atoms with E-state index in [1.807, 2.05) is 42.5 Å². The van der Waals surface area contributed by atoms with Gasteiger partial charge in [-0.15, -0.1) is 11.3 Å². The van der Waals surface area contributed by atoms with Crippen LogP contribution in [-0.4, -0.2) is 16.3 Å². The fourth-order valence-corrected chi connectivity index (χ4v) is 6.77. The summed E-state index contributed by atoms with van der Waals surface area (Å²) in [5.41, 5.74) is 3.23. The van der Waals surface area contributed by atoms with Crippen LogP contribution in [0.3, 0.4) is 0 Å². The van der Waals surface area contributed by atoms with E-state index in [4.69, 9.17) is 23.2 Å². The first-order valence-corrected chi connectivity index (χ1v) is 12.7. The number of aromatic nitrogens is 1. The first kappa shape index (κ1) is 22.1. The van der Waals surface area contributed by atoms with Crippen LogP contribution in [0.4, 0.5) is 5.69 Å². The summed E-state index contributed by atoms with van der Waals surface area (Å²) >= 11 is 22.5. The van der Waals surface area contributed by atoms with Crippen molar-refractivity contribution in [2.24, 2.45) is 4.99 Å². The van der Waals surface area contributed by atoms with Crippen LogP contribution in [-0.2, 0) is 5.75 Å². The number of halogens is 4. The maximum atomic E-state index is 10.2. The Hall–Kier alpha value is -1.09. The Labute approximate surface area is 208 Å². The van der Waals surface area contributed by atoms with Gasteiger partial charge in [0.1, 0.15) is 5.75 Å². The van der Waals surface area contributed by atoms with Crippen LogP contribution in [0.2, 0.25) is 10.0 Å². The predicted octanol–water partition coefficient (Wildman–Crippen LogP) is 8.88. The van der Waals surface area contributed by atoms with Gasteiger partial charge in [0.25, 0.3) is 0 Å². The van der Waals surface area contributed by atoms with E-state index >= 15 is 0 Å². The van der Waals surface area contributed by atoms with Crippen molar-refractivity contribution in [3.63, 3.8) is 0 Å². The second-order valence-electron chi connectivity index (χ2n) is 6.20. The molecule has 0 atom stereocenters. The fraction of sp³-hybridized carbons (Fsp3) is 0.0476. The summed E-state index contributed by atoms with van der Waals surface area (Å²) in [6.45, 7) is 0. The Morgan fingerprint density at radius 3 is 2.63 bits per heavy atom. The molecule has 0 aliphatic heterocycles. The number of thioether (sulfide) groups is 1. The minimum atomic E-state index is 0.151. The molecule has 1 aromatic heterocycles. The largest absolute Gasteiger partial charge is 0.506 e. The maximum absolute atomic E-state index is 10.2. The lowest BCUT2D eigenvalue weighted by Gasteiger charge is -2.04. The Bertz CT molecular complexity index is 1260. The van der Waals surface area contributed by atoms with Gasteiger partial charge in [0.15, 0.2) is 4.34 Å². The van der Waals surface area contributed by atoms with Crippen LogP contribution in [0, 0.1) is 0 Å². The predicted molar refractivity (Wildman–Crippen MR) is 136 cm³/mol. The number of fused-ring (bicyclic) bond motifs is 1. The molecule has 152 valence electrons. The van der Waals surface area contributed by atoms with Gasteiger partial charge in [-0.1, -0.05) is 57.0 Å². The molecule has 30 heavy (non-hydrogen) atoms. The number of aliphatic imine (C=N–C) groups is 1. The molecule has 4 aromatic rings. The minimum absolute atomic E-state index is 0.151. The lowest BCUT2D eigenvalue weighted by Crippen LogP contribution is -1.84. The van der Waals surface area contributed by atoms with Crippen molar-refractivity contribution < 1.29 is 5.11 Å². The van der Waals surface area contributed by atoms with Gasteiger partial charge >= 0.3 is 0 Å². The lowest BCUT2D eigenvalue weighted by molar-refractivity contribution is 0.471. The molecule has 0 amide bonds. The second kappa shape index (κ2) is 9.59. The van der Waals surface area contributed by atoms with E-state index in [-0.39, 0.29) is 5.75 Å². The molecule has 0 saturated carbocycles. The van der Waals surface area contributed by atoms with Crippen LogP contribution in [0.1, 0.15) is 11.1 Å². The van der Waals surface area contributed by atoms with Crippen molar-refractivity contribution in [2.45, 2.75) is 10.1 Å². The van der Waals surface area contributed by atoms with Gasteiger partial charge in [-0.05, 0) is 64.0 Å². The van der Waals surface area contributed by atoms with E-state index in [9.17, 15) is 5.11 Å². The number of nitrogens with zero attached hydrogens (tertiary/aromatic N) is 2. The third-order valence-electron chi connectivity index (χ3n) is 4.16. The van der Waals surface area contributed by atoms with Gasteiger partial charge < -0.3 is 5.11 Å². The zero-order valence-corrected chi connectivity index (χ0v) is 21.4. The van der Waals surface area contributed by atoms with Crippen molar-refractivity contribution in [3.05, 3.63) is 78.6 Å². The number of hydrogen-bond acceptors (Lipinski definition) is 5. The molecule has 9 heteroatoms. The molecular weight excluding hydrogens is 591 g/mol. The summed E-state index contributed by atoms with van der Waals surface area (Å²) in [5, 5.41) is 11.5. The first-order chi connectivity index (χ1) is 14.4. The first-order valence-electron chi connectivity index (χ1n) is 8.59. The van der Waals surface area contributed by atoms with Gasteiger partial charge in [-0.3, -0.25) is 4.99 Å². The van der Waals surface area contributed by atoms with Gasteiger partial charge in [-0.25, -0.2) is 4.98 Å². The third kappa shape index (κ3) is 5.03.